The van der Waals surface area contributed by atoms with Crippen molar-refractivity contribution in [2.75, 3.05) is 26.2 Å². The lowest BCUT2D eigenvalue weighted by atomic mass is 9.79. The smallest absolute Gasteiger partial charge is 0.0107 e. The van der Waals surface area contributed by atoms with Crippen molar-refractivity contribution in [3.05, 3.63) is 0 Å². The summed E-state index contributed by atoms with van der Waals surface area (Å²) in [4.78, 5) is 2.64. The summed E-state index contributed by atoms with van der Waals surface area (Å²) in [5.41, 5.74) is 0. The van der Waals surface area contributed by atoms with Crippen LogP contribution in [0.5, 0.6) is 0 Å². The molecule has 2 heteroatoms. The van der Waals surface area contributed by atoms with Gasteiger partial charge in [0.15, 0.2) is 0 Å². The molecule has 4 fully saturated rings. The van der Waals surface area contributed by atoms with E-state index in [0.29, 0.717) is 0 Å². The van der Waals surface area contributed by atoms with Gasteiger partial charge in [0.2, 0.25) is 0 Å². The van der Waals surface area contributed by atoms with E-state index in [0.717, 1.165) is 29.7 Å². The first kappa shape index (κ1) is 11.7. The molecule has 0 aromatic rings. The number of fused-ring (bicyclic) bond motifs is 5. The van der Waals surface area contributed by atoms with E-state index in [1.807, 2.05) is 0 Å². The van der Waals surface area contributed by atoms with Crippen LogP contribution >= 0.6 is 0 Å². The minimum absolute atomic E-state index is 0.886. The van der Waals surface area contributed by atoms with E-state index in [2.05, 4.69) is 10.2 Å². The third-order valence-electron chi connectivity index (χ3n) is 6.46. The van der Waals surface area contributed by atoms with Gasteiger partial charge in [-0.1, -0.05) is 6.42 Å². The minimum Gasteiger partial charge on any atom is -0.312 e. The lowest BCUT2D eigenvalue weighted by Gasteiger charge is -2.32. The SMILES string of the molecule is C1CC2C3CC(NCCN4CCCC4)C(C3)C2C1. The number of hydrogen-bond donors (Lipinski definition) is 1. The van der Waals surface area contributed by atoms with E-state index >= 15 is 0 Å². The molecule has 0 aromatic heterocycles. The van der Waals surface area contributed by atoms with Gasteiger partial charge in [0.1, 0.15) is 0 Å². The molecule has 1 N–H and O–H groups in total. The maximum atomic E-state index is 3.91. The summed E-state index contributed by atoms with van der Waals surface area (Å²) >= 11 is 0. The molecule has 3 saturated carbocycles. The topological polar surface area (TPSA) is 15.3 Å². The van der Waals surface area contributed by atoms with Crippen LogP contribution in [-0.2, 0) is 0 Å². The minimum atomic E-state index is 0.886. The molecule has 1 heterocycles. The van der Waals surface area contributed by atoms with Gasteiger partial charge in [-0.2, -0.15) is 0 Å². The lowest BCUT2D eigenvalue weighted by Crippen LogP contribution is -2.42. The Morgan fingerprint density at radius 2 is 1.72 bits per heavy atom. The first-order chi connectivity index (χ1) is 8.92. The predicted octanol–water partition coefficient (Wildman–Crippen LogP) is 2.50. The van der Waals surface area contributed by atoms with Gasteiger partial charge in [0, 0.05) is 19.1 Å². The van der Waals surface area contributed by atoms with E-state index in [1.54, 1.807) is 19.3 Å². The number of likely N-dealkylation sites (tertiary alicyclic amines) is 1. The highest BCUT2D eigenvalue weighted by Crippen LogP contribution is 2.58. The zero-order valence-corrected chi connectivity index (χ0v) is 11.6. The highest BCUT2D eigenvalue weighted by atomic mass is 15.2. The molecule has 0 aromatic carbocycles. The largest absolute Gasteiger partial charge is 0.312 e. The molecule has 3 aliphatic carbocycles. The van der Waals surface area contributed by atoms with E-state index in [4.69, 9.17) is 0 Å². The van der Waals surface area contributed by atoms with Gasteiger partial charge in [-0.3, -0.25) is 0 Å². The van der Waals surface area contributed by atoms with Crippen molar-refractivity contribution in [1.29, 1.82) is 0 Å². The molecule has 0 radical (unpaired) electrons. The molecule has 2 bridgehead atoms. The van der Waals surface area contributed by atoms with Crippen molar-refractivity contribution in [2.24, 2.45) is 23.7 Å². The Labute approximate surface area is 111 Å². The quantitative estimate of drug-likeness (QED) is 0.822. The van der Waals surface area contributed by atoms with Gasteiger partial charge in [-0.15, -0.1) is 0 Å². The molecule has 2 nitrogen and oxygen atoms in total. The molecule has 1 saturated heterocycles. The fraction of sp³-hybridized carbons (Fsp3) is 1.00. The number of hydrogen-bond acceptors (Lipinski definition) is 2. The molecule has 4 aliphatic rings. The summed E-state index contributed by atoms with van der Waals surface area (Å²) in [6, 6.07) is 0.886. The normalized spacial score (nSPS) is 47.0. The fourth-order valence-electron chi connectivity index (χ4n) is 5.72. The third-order valence-corrected chi connectivity index (χ3v) is 6.46. The van der Waals surface area contributed by atoms with Gasteiger partial charge in [-0.25, -0.2) is 0 Å². The van der Waals surface area contributed by atoms with E-state index in [9.17, 15) is 0 Å². The molecule has 5 atom stereocenters. The van der Waals surface area contributed by atoms with Crippen molar-refractivity contribution in [3.8, 4) is 0 Å². The predicted molar refractivity (Wildman–Crippen MR) is 74.5 cm³/mol. The van der Waals surface area contributed by atoms with Crippen molar-refractivity contribution in [2.45, 2.75) is 51.0 Å². The first-order valence-electron chi connectivity index (χ1n) is 8.37. The summed E-state index contributed by atoms with van der Waals surface area (Å²) in [7, 11) is 0. The van der Waals surface area contributed by atoms with Crippen LogP contribution in [0, 0.1) is 23.7 Å². The Kier molecular flexibility index (Phi) is 3.12. The summed E-state index contributed by atoms with van der Waals surface area (Å²) in [5, 5.41) is 3.91. The Bertz CT molecular complexity index is 297. The van der Waals surface area contributed by atoms with Gasteiger partial charge in [0.25, 0.3) is 0 Å². The highest BCUT2D eigenvalue weighted by Gasteiger charge is 2.53. The standard InChI is InChI=1S/C16H28N2/c1-2-8-18(7-1)9-6-17-16-11-12-10-15(16)14-5-3-4-13(12)14/h12-17H,1-11H2. The average molecular weight is 248 g/mol. The van der Waals surface area contributed by atoms with Crippen LogP contribution in [0.3, 0.4) is 0 Å². The Morgan fingerprint density at radius 1 is 0.889 bits per heavy atom. The maximum absolute atomic E-state index is 3.91. The average Bonchev–Trinajstić information content (AvgIpc) is 3.12. The molecule has 0 spiro atoms. The molecule has 4 rings (SSSR count). The molecular weight excluding hydrogens is 220 g/mol. The zero-order chi connectivity index (χ0) is 11.9. The van der Waals surface area contributed by atoms with Crippen molar-refractivity contribution >= 4 is 0 Å². The van der Waals surface area contributed by atoms with Crippen LogP contribution in [-0.4, -0.2) is 37.1 Å². The van der Waals surface area contributed by atoms with Crippen LogP contribution in [0.25, 0.3) is 0 Å². The van der Waals surface area contributed by atoms with Crippen molar-refractivity contribution in [1.82, 2.24) is 10.2 Å². The van der Waals surface area contributed by atoms with Gasteiger partial charge < -0.3 is 10.2 Å². The second-order valence-electron chi connectivity index (χ2n) is 7.26. The number of nitrogens with one attached hydrogen (secondary N) is 1. The first-order valence-corrected chi connectivity index (χ1v) is 8.37. The van der Waals surface area contributed by atoms with Crippen LogP contribution in [0.15, 0.2) is 0 Å². The summed E-state index contributed by atoms with van der Waals surface area (Å²) in [6.07, 6.45) is 10.6. The van der Waals surface area contributed by atoms with Crippen LogP contribution in [0.1, 0.15) is 44.9 Å². The van der Waals surface area contributed by atoms with E-state index in [-0.39, 0.29) is 0 Å². The molecule has 5 unspecified atom stereocenters. The van der Waals surface area contributed by atoms with Gasteiger partial charge >= 0.3 is 0 Å². The molecule has 0 amide bonds. The summed E-state index contributed by atoms with van der Waals surface area (Å²) in [6.45, 7) is 5.24. The van der Waals surface area contributed by atoms with Gasteiger partial charge in [0.05, 0.1) is 0 Å². The zero-order valence-electron chi connectivity index (χ0n) is 11.6. The highest BCUT2D eigenvalue weighted by molar-refractivity contribution is 5.05. The molecule has 1 aliphatic heterocycles. The number of nitrogens with zero attached hydrogens (tertiary/aromatic N) is 1. The van der Waals surface area contributed by atoms with E-state index in [1.165, 1.54) is 51.9 Å². The summed E-state index contributed by atoms with van der Waals surface area (Å²) in [5.74, 6) is 4.42. The Morgan fingerprint density at radius 3 is 2.61 bits per heavy atom. The van der Waals surface area contributed by atoms with Gasteiger partial charge in [-0.05, 0) is 75.3 Å². The molecule has 102 valence electrons. The second kappa shape index (κ2) is 4.79. The third kappa shape index (κ3) is 1.92. The van der Waals surface area contributed by atoms with Crippen molar-refractivity contribution < 1.29 is 0 Å². The second-order valence-corrected chi connectivity index (χ2v) is 7.26. The lowest BCUT2D eigenvalue weighted by molar-refractivity contribution is 0.203. The molecular formula is C16H28N2. The summed E-state index contributed by atoms with van der Waals surface area (Å²) < 4.78 is 0. The Hall–Kier alpha value is -0.0800. The van der Waals surface area contributed by atoms with Crippen LogP contribution < -0.4 is 5.32 Å². The molecule has 18 heavy (non-hydrogen) atoms. The number of rotatable bonds is 4. The van der Waals surface area contributed by atoms with Crippen LogP contribution in [0.2, 0.25) is 0 Å². The monoisotopic (exact) mass is 248 g/mol. The van der Waals surface area contributed by atoms with Crippen molar-refractivity contribution in [3.63, 3.8) is 0 Å². The van der Waals surface area contributed by atoms with Crippen LogP contribution in [0.4, 0.5) is 0 Å². The Balaban J connectivity index is 1.26. The fourth-order valence-corrected chi connectivity index (χ4v) is 5.72. The van der Waals surface area contributed by atoms with E-state index < -0.39 is 0 Å². The maximum Gasteiger partial charge on any atom is 0.0107 e.